The normalized spacial score (nSPS) is 17.9. The Labute approximate surface area is 247 Å². The molecule has 0 fully saturated rings. The van der Waals surface area contributed by atoms with Crippen LogP contribution in [0.25, 0.3) is 4.91 Å². The number of thioether (sulfide) groups is 1. The fourth-order valence-corrected chi connectivity index (χ4v) is 9.36. The van der Waals surface area contributed by atoms with Gasteiger partial charge in [-0.1, -0.05) is 61.3 Å². The summed E-state index contributed by atoms with van der Waals surface area (Å²) in [6.07, 6.45) is 7.34. The predicted molar refractivity (Wildman–Crippen MR) is 174 cm³/mol. The van der Waals surface area contributed by atoms with Gasteiger partial charge in [0.15, 0.2) is 0 Å². The highest BCUT2D eigenvalue weighted by Gasteiger charge is 2.26. The number of aryl methyl sites for hydroxylation is 1. The monoisotopic (exact) mass is 665 g/mol. The number of fused-ring (bicyclic) bond motifs is 1. The summed E-state index contributed by atoms with van der Waals surface area (Å²) < 4.78 is 11.2. The van der Waals surface area contributed by atoms with Gasteiger partial charge in [-0.25, -0.2) is 2.94 Å². The number of hydrogen-bond donors (Lipinski definition) is 2. The third-order valence-corrected chi connectivity index (χ3v) is 11.7. The molecule has 1 unspecified atom stereocenters. The van der Waals surface area contributed by atoms with E-state index in [9.17, 15) is 4.79 Å². The lowest BCUT2D eigenvalue weighted by molar-refractivity contribution is -0.116. The van der Waals surface area contributed by atoms with Crippen molar-refractivity contribution in [2.45, 2.75) is 64.4 Å². The average Bonchev–Trinajstić information content (AvgIpc) is 3.54. The van der Waals surface area contributed by atoms with Crippen LogP contribution in [-0.4, -0.2) is 46.7 Å². The smallest absolute Gasteiger partial charge is 0.145 e. The zero-order valence-corrected chi connectivity index (χ0v) is 26.9. The summed E-state index contributed by atoms with van der Waals surface area (Å²) in [5, 5.41) is 3.85. The first kappa shape index (κ1) is 29.6. The van der Waals surface area contributed by atoms with Crippen LogP contribution in [0.15, 0.2) is 42.6 Å². The third kappa shape index (κ3) is 7.87. The summed E-state index contributed by atoms with van der Waals surface area (Å²) in [4.78, 5) is 15.4. The van der Waals surface area contributed by atoms with Crippen LogP contribution in [0.4, 0.5) is 0 Å². The highest BCUT2D eigenvalue weighted by atomic mass is 127. The second-order valence-electron chi connectivity index (χ2n) is 10.2. The Morgan fingerprint density at radius 3 is 2.82 bits per heavy atom. The SMILES string of the molecule is CCCc1cc(C2NC=C(c3cccc4c3CCC4=INSCC(=O)CCN(C)C)S2)ccc1OC(C)C. The van der Waals surface area contributed by atoms with E-state index < -0.39 is 0 Å². The van der Waals surface area contributed by atoms with Crippen molar-refractivity contribution in [3.8, 4) is 5.75 Å². The van der Waals surface area contributed by atoms with Gasteiger partial charge in [-0.3, -0.25) is 4.79 Å². The molecule has 0 aromatic heterocycles. The quantitative estimate of drug-likeness (QED) is 0.105. The minimum absolute atomic E-state index is 0.178. The molecule has 1 atom stereocenters. The second kappa shape index (κ2) is 14.3. The number of ketones is 1. The van der Waals surface area contributed by atoms with Crippen LogP contribution < -0.4 is 13.0 Å². The van der Waals surface area contributed by atoms with Crippen LogP contribution in [0.1, 0.15) is 73.2 Å². The lowest BCUT2D eigenvalue weighted by Crippen LogP contribution is -2.17. The van der Waals surface area contributed by atoms with Crippen LogP contribution >= 0.6 is 44.7 Å². The summed E-state index contributed by atoms with van der Waals surface area (Å²) in [5.41, 5.74) is 6.86. The average molecular weight is 666 g/mol. The molecule has 38 heavy (non-hydrogen) atoms. The van der Waals surface area contributed by atoms with Crippen molar-refractivity contribution >= 4 is 58.9 Å². The van der Waals surface area contributed by atoms with E-state index in [1.54, 1.807) is 15.5 Å². The van der Waals surface area contributed by atoms with Gasteiger partial charge >= 0.3 is 0 Å². The number of nitrogens with one attached hydrogen (secondary N) is 2. The zero-order chi connectivity index (χ0) is 27.1. The summed E-state index contributed by atoms with van der Waals surface area (Å²) in [6, 6.07) is 13.4. The van der Waals surface area contributed by atoms with Crippen molar-refractivity contribution in [3.05, 3.63) is 70.4 Å². The van der Waals surface area contributed by atoms with Crippen molar-refractivity contribution in [2.75, 3.05) is 26.4 Å². The summed E-state index contributed by atoms with van der Waals surface area (Å²) in [7, 11) is 4.01. The maximum Gasteiger partial charge on any atom is 0.145 e. The maximum atomic E-state index is 12.1. The molecule has 0 saturated heterocycles. The first-order chi connectivity index (χ1) is 18.4. The molecule has 1 aliphatic heterocycles. The molecule has 4 rings (SSSR count). The minimum Gasteiger partial charge on any atom is -0.491 e. The van der Waals surface area contributed by atoms with Crippen molar-refractivity contribution in [1.29, 1.82) is 0 Å². The van der Waals surface area contributed by atoms with Crippen molar-refractivity contribution in [2.24, 2.45) is 0 Å². The van der Waals surface area contributed by atoms with E-state index in [-0.39, 0.29) is 32.5 Å². The van der Waals surface area contributed by atoms with Gasteiger partial charge in [0.1, 0.15) is 16.9 Å². The molecule has 0 bridgehead atoms. The van der Waals surface area contributed by atoms with Crippen molar-refractivity contribution < 1.29 is 9.53 Å². The Hall–Kier alpha value is -1.33. The fourth-order valence-electron chi connectivity index (χ4n) is 4.66. The molecule has 2 N–H and O–H groups in total. The number of halogens is 1. The number of hydrogen-bond acceptors (Lipinski definition) is 7. The van der Waals surface area contributed by atoms with E-state index in [4.69, 9.17) is 4.74 Å². The van der Waals surface area contributed by atoms with Gasteiger partial charge in [-0.15, -0.1) is 0 Å². The van der Waals surface area contributed by atoms with Gasteiger partial charge in [0.25, 0.3) is 0 Å². The molecule has 1 heterocycles. The molecular formula is C30H40IN3O2S2. The maximum absolute atomic E-state index is 12.1. The fraction of sp³-hybridized carbons (Fsp3) is 0.467. The number of carbonyl (C=O) groups excluding carboxylic acids is 1. The van der Waals surface area contributed by atoms with E-state index >= 15 is 0 Å². The molecule has 2 aliphatic rings. The largest absolute Gasteiger partial charge is 0.491 e. The summed E-state index contributed by atoms with van der Waals surface area (Å²) in [6.45, 7) is 7.21. The standard InChI is InChI=1S/C30H40IN3O2S2/c1-6-8-21-17-22(11-14-28(21)36-20(2)3)30-32-18-29(38-30)26-10-7-9-25-24(26)12-13-27(25)31-33-37-19-23(35)15-16-34(4)5/h7,9-11,14,17-18,20,30,32-33H,6,8,12-13,15-16,19H2,1-5H3. The summed E-state index contributed by atoms with van der Waals surface area (Å²) >= 11 is 3.20. The van der Waals surface area contributed by atoms with Gasteiger partial charge < -0.3 is 15.0 Å². The van der Waals surface area contributed by atoms with E-state index in [0.717, 1.165) is 38.0 Å². The topological polar surface area (TPSA) is 53.6 Å². The molecule has 0 saturated carbocycles. The number of nitrogens with zero attached hydrogens (tertiary/aromatic N) is 1. The van der Waals surface area contributed by atoms with Gasteiger partial charge in [-0.2, -0.15) is 0 Å². The second-order valence-corrected chi connectivity index (χ2v) is 15.3. The Morgan fingerprint density at radius 1 is 1.24 bits per heavy atom. The van der Waals surface area contributed by atoms with Crippen LogP contribution in [0.3, 0.4) is 0 Å². The molecule has 206 valence electrons. The first-order valence-corrected chi connectivity index (χ1v) is 17.5. The van der Waals surface area contributed by atoms with Gasteiger partial charge in [0, 0.05) is 27.6 Å². The molecule has 2 aromatic carbocycles. The van der Waals surface area contributed by atoms with Crippen molar-refractivity contribution in [1.82, 2.24) is 13.2 Å². The van der Waals surface area contributed by atoms with E-state index in [1.807, 2.05) is 25.9 Å². The lowest BCUT2D eigenvalue weighted by Gasteiger charge is -2.18. The Balaban J connectivity index is 1.40. The highest BCUT2D eigenvalue weighted by molar-refractivity contribution is 14.2. The Morgan fingerprint density at radius 2 is 2.05 bits per heavy atom. The van der Waals surface area contributed by atoms with Crippen LogP contribution in [-0.2, 0) is 17.6 Å². The Kier molecular flexibility index (Phi) is 11.2. The number of benzene rings is 2. The molecule has 1 aliphatic carbocycles. The molecule has 0 spiro atoms. The zero-order valence-electron chi connectivity index (χ0n) is 23.1. The van der Waals surface area contributed by atoms with Gasteiger partial charge in [0.05, 0.1) is 11.9 Å². The highest BCUT2D eigenvalue weighted by Crippen LogP contribution is 2.46. The third-order valence-electron chi connectivity index (χ3n) is 6.49. The number of rotatable bonds is 13. The molecule has 2 aromatic rings. The van der Waals surface area contributed by atoms with E-state index in [2.05, 4.69) is 76.5 Å². The van der Waals surface area contributed by atoms with Crippen molar-refractivity contribution in [3.63, 3.8) is 0 Å². The Bertz CT molecular complexity index is 1200. The van der Waals surface area contributed by atoms with Crippen LogP contribution in [0.2, 0.25) is 0 Å². The van der Waals surface area contributed by atoms with Crippen LogP contribution in [0, 0.1) is 0 Å². The summed E-state index contributed by atoms with van der Waals surface area (Å²) in [5.74, 6) is 1.88. The molecule has 0 radical (unpaired) electrons. The van der Waals surface area contributed by atoms with Crippen LogP contribution in [0.5, 0.6) is 5.75 Å². The van der Waals surface area contributed by atoms with E-state index in [0.29, 0.717) is 18.0 Å². The molecule has 0 amide bonds. The number of Topliss-reactive ketones (excluding diaryl/α,β-unsaturated/α-hetero) is 1. The number of ether oxygens (including phenoxy) is 1. The van der Waals surface area contributed by atoms with E-state index in [1.165, 1.54) is 32.7 Å². The minimum atomic E-state index is -0.298. The van der Waals surface area contributed by atoms with Gasteiger partial charge in [-0.05, 0) is 108 Å². The molecule has 8 heteroatoms. The number of carbonyl (C=O) groups is 1. The predicted octanol–water partition coefficient (Wildman–Crippen LogP) is 6.87. The molecule has 5 nitrogen and oxygen atoms in total. The van der Waals surface area contributed by atoms with Gasteiger partial charge in [0.2, 0.25) is 0 Å². The lowest BCUT2D eigenvalue weighted by atomic mass is 10.0. The molecular weight excluding hydrogens is 625 g/mol. The first-order valence-electron chi connectivity index (χ1n) is 13.4.